The van der Waals surface area contributed by atoms with Crippen molar-refractivity contribution in [3.05, 3.63) is 23.7 Å². The number of hydrogen-bond acceptors (Lipinski definition) is 4. The molecule has 2 saturated heterocycles. The molecule has 1 amide bonds. The van der Waals surface area contributed by atoms with Crippen LogP contribution in [0.15, 0.2) is 16.5 Å². The van der Waals surface area contributed by atoms with Crippen LogP contribution in [0, 0.1) is 12.3 Å². The Morgan fingerprint density at radius 1 is 1.32 bits per heavy atom. The fraction of sp³-hybridized carbons (Fsp3) is 0.706. The summed E-state index contributed by atoms with van der Waals surface area (Å²) < 4.78 is 10.7. The van der Waals surface area contributed by atoms with E-state index in [1.165, 1.54) is 6.42 Å². The Hall–Kier alpha value is -1.33. The van der Waals surface area contributed by atoms with Gasteiger partial charge in [0.25, 0.3) is 0 Å². The molecule has 0 N–H and O–H groups in total. The van der Waals surface area contributed by atoms with E-state index in [9.17, 15) is 4.79 Å². The van der Waals surface area contributed by atoms with E-state index >= 15 is 0 Å². The average molecular weight is 306 g/mol. The van der Waals surface area contributed by atoms with Crippen molar-refractivity contribution in [2.24, 2.45) is 5.41 Å². The molecule has 5 heteroatoms. The summed E-state index contributed by atoms with van der Waals surface area (Å²) in [5.74, 6) is 2.25. The minimum absolute atomic E-state index is 0.235. The Labute approximate surface area is 132 Å². The lowest BCUT2D eigenvalue weighted by Gasteiger charge is -2.24. The van der Waals surface area contributed by atoms with Crippen LogP contribution in [0.25, 0.3) is 0 Å². The third-order valence-corrected chi connectivity index (χ3v) is 5.00. The fourth-order valence-electron chi connectivity index (χ4n) is 3.78. The Bertz CT molecular complexity index is 528. The standard InChI is InChI=1S/C17H26N2O3/c1-14-3-4-15(22-14)11-18-8-6-17(12-18)7-9-19(13-17)16(20)5-10-21-2/h3-4H,5-13H2,1-2H3/t17-/m1/s1. The van der Waals surface area contributed by atoms with Gasteiger partial charge in [-0.05, 0) is 38.4 Å². The predicted octanol–water partition coefficient (Wildman–Crippen LogP) is 2.05. The highest BCUT2D eigenvalue weighted by molar-refractivity contribution is 5.76. The zero-order valence-electron chi connectivity index (χ0n) is 13.6. The maximum absolute atomic E-state index is 12.1. The quantitative estimate of drug-likeness (QED) is 0.835. The maximum atomic E-state index is 12.1. The minimum Gasteiger partial charge on any atom is -0.465 e. The van der Waals surface area contributed by atoms with Crippen LogP contribution >= 0.6 is 0 Å². The summed E-state index contributed by atoms with van der Waals surface area (Å²) in [6.07, 6.45) is 2.81. The first-order valence-electron chi connectivity index (χ1n) is 8.15. The smallest absolute Gasteiger partial charge is 0.224 e. The molecule has 3 rings (SSSR count). The van der Waals surface area contributed by atoms with Gasteiger partial charge in [0.05, 0.1) is 19.6 Å². The lowest BCUT2D eigenvalue weighted by molar-refractivity contribution is -0.131. The van der Waals surface area contributed by atoms with Gasteiger partial charge in [0, 0.05) is 32.2 Å². The van der Waals surface area contributed by atoms with Gasteiger partial charge in [-0.1, -0.05) is 0 Å². The van der Waals surface area contributed by atoms with Gasteiger partial charge in [0.1, 0.15) is 11.5 Å². The number of likely N-dealkylation sites (tertiary alicyclic amines) is 2. The van der Waals surface area contributed by atoms with Crippen molar-refractivity contribution in [3.63, 3.8) is 0 Å². The van der Waals surface area contributed by atoms with Gasteiger partial charge < -0.3 is 14.1 Å². The van der Waals surface area contributed by atoms with Crippen LogP contribution in [-0.4, -0.2) is 55.6 Å². The van der Waals surface area contributed by atoms with Gasteiger partial charge in [0.2, 0.25) is 5.91 Å². The number of aryl methyl sites for hydroxylation is 1. The number of rotatable bonds is 5. The largest absolute Gasteiger partial charge is 0.465 e. The summed E-state index contributed by atoms with van der Waals surface area (Å²) in [6, 6.07) is 4.09. The third kappa shape index (κ3) is 3.36. The Morgan fingerprint density at radius 3 is 2.86 bits per heavy atom. The minimum atomic E-state index is 0.235. The fourth-order valence-corrected chi connectivity index (χ4v) is 3.78. The predicted molar refractivity (Wildman–Crippen MR) is 83.5 cm³/mol. The van der Waals surface area contributed by atoms with Crippen molar-refractivity contribution >= 4 is 5.91 Å². The zero-order chi connectivity index (χ0) is 15.6. The molecule has 0 unspecified atom stereocenters. The van der Waals surface area contributed by atoms with Crippen molar-refractivity contribution in [2.75, 3.05) is 39.9 Å². The van der Waals surface area contributed by atoms with E-state index < -0.39 is 0 Å². The molecule has 1 aromatic heterocycles. The molecule has 5 nitrogen and oxygen atoms in total. The molecule has 22 heavy (non-hydrogen) atoms. The summed E-state index contributed by atoms with van der Waals surface area (Å²) in [5, 5.41) is 0. The van der Waals surface area contributed by atoms with Crippen LogP contribution in [-0.2, 0) is 16.1 Å². The summed E-state index contributed by atoms with van der Waals surface area (Å²) >= 11 is 0. The number of furan rings is 1. The SMILES string of the molecule is COCCC(=O)N1CC[C@@]2(CCN(Cc3ccc(C)o3)C2)C1. The van der Waals surface area contributed by atoms with E-state index in [-0.39, 0.29) is 5.91 Å². The van der Waals surface area contributed by atoms with Gasteiger partial charge in [0.15, 0.2) is 0 Å². The molecule has 2 aliphatic rings. The summed E-state index contributed by atoms with van der Waals surface area (Å²) in [5.41, 5.74) is 0.296. The maximum Gasteiger partial charge on any atom is 0.224 e. The highest BCUT2D eigenvalue weighted by atomic mass is 16.5. The summed E-state index contributed by atoms with van der Waals surface area (Å²) in [4.78, 5) is 16.6. The molecule has 0 aromatic carbocycles. The van der Waals surface area contributed by atoms with E-state index in [1.54, 1.807) is 7.11 Å². The molecule has 1 aromatic rings. The van der Waals surface area contributed by atoms with Gasteiger partial charge >= 0.3 is 0 Å². The molecule has 0 aliphatic carbocycles. The molecule has 2 fully saturated rings. The first-order chi connectivity index (χ1) is 10.6. The third-order valence-electron chi connectivity index (χ3n) is 5.00. The number of nitrogens with zero attached hydrogens (tertiary/aromatic N) is 2. The van der Waals surface area contributed by atoms with Crippen LogP contribution in [0.4, 0.5) is 0 Å². The topological polar surface area (TPSA) is 45.9 Å². The molecule has 0 radical (unpaired) electrons. The van der Waals surface area contributed by atoms with Crippen molar-refractivity contribution in [1.82, 2.24) is 9.80 Å². The highest BCUT2D eigenvalue weighted by Crippen LogP contribution is 2.40. The first-order valence-corrected chi connectivity index (χ1v) is 8.15. The molecule has 122 valence electrons. The normalized spacial score (nSPS) is 25.5. The summed E-state index contributed by atoms with van der Waals surface area (Å²) in [6.45, 7) is 7.36. The molecule has 2 aliphatic heterocycles. The average Bonchev–Trinajstić information content (AvgIpc) is 3.20. The van der Waals surface area contributed by atoms with Crippen LogP contribution < -0.4 is 0 Å². The van der Waals surface area contributed by atoms with Crippen LogP contribution in [0.1, 0.15) is 30.8 Å². The van der Waals surface area contributed by atoms with E-state index in [2.05, 4.69) is 11.0 Å². The van der Waals surface area contributed by atoms with Gasteiger partial charge in [-0.25, -0.2) is 0 Å². The number of amides is 1. The molecule has 0 saturated carbocycles. The Morgan fingerprint density at radius 2 is 2.14 bits per heavy atom. The van der Waals surface area contributed by atoms with Crippen LogP contribution in [0.5, 0.6) is 0 Å². The van der Waals surface area contributed by atoms with E-state index in [1.807, 2.05) is 17.9 Å². The van der Waals surface area contributed by atoms with E-state index in [4.69, 9.17) is 9.15 Å². The molecule has 0 bridgehead atoms. The van der Waals surface area contributed by atoms with Crippen molar-refractivity contribution in [1.29, 1.82) is 0 Å². The van der Waals surface area contributed by atoms with Crippen LogP contribution in [0.3, 0.4) is 0 Å². The second kappa shape index (κ2) is 6.42. The number of carbonyl (C=O) groups is 1. The molecule has 3 heterocycles. The number of carbonyl (C=O) groups excluding carboxylic acids is 1. The lowest BCUT2D eigenvalue weighted by Crippen LogP contribution is -2.34. The van der Waals surface area contributed by atoms with Crippen molar-refractivity contribution in [2.45, 2.75) is 32.7 Å². The number of ether oxygens (including phenoxy) is 1. The number of hydrogen-bond donors (Lipinski definition) is 0. The second-order valence-corrected chi connectivity index (χ2v) is 6.78. The zero-order valence-corrected chi connectivity index (χ0v) is 13.6. The number of methoxy groups -OCH3 is 1. The van der Waals surface area contributed by atoms with Gasteiger partial charge in [-0.3, -0.25) is 9.69 Å². The Balaban J connectivity index is 1.52. The van der Waals surface area contributed by atoms with E-state index in [0.717, 1.165) is 50.7 Å². The first kappa shape index (κ1) is 15.6. The summed E-state index contributed by atoms with van der Waals surface area (Å²) in [7, 11) is 1.64. The molecular weight excluding hydrogens is 280 g/mol. The lowest BCUT2D eigenvalue weighted by atomic mass is 9.86. The highest BCUT2D eigenvalue weighted by Gasteiger charge is 2.44. The van der Waals surface area contributed by atoms with E-state index in [0.29, 0.717) is 18.4 Å². The van der Waals surface area contributed by atoms with Crippen molar-refractivity contribution in [3.8, 4) is 0 Å². The monoisotopic (exact) mass is 306 g/mol. The Kier molecular flexibility index (Phi) is 4.54. The van der Waals surface area contributed by atoms with Gasteiger partial charge in [-0.2, -0.15) is 0 Å². The van der Waals surface area contributed by atoms with Crippen LogP contribution in [0.2, 0.25) is 0 Å². The van der Waals surface area contributed by atoms with Crippen molar-refractivity contribution < 1.29 is 13.9 Å². The molecule has 1 atom stereocenters. The molecule has 1 spiro atoms. The van der Waals surface area contributed by atoms with Gasteiger partial charge in [-0.15, -0.1) is 0 Å². The molecular formula is C17H26N2O3. The second-order valence-electron chi connectivity index (χ2n) is 6.78.